The number of alkyl halides is 1. The van der Waals surface area contributed by atoms with E-state index in [1.807, 2.05) is 31.2 Å². The number of aryl methyl sites for hydroxylation is 1. The predicted octanol–water partition coefficient (Wildman–Crippen LogP) is 3.62. The Hall–Kier alpha value is -0.880. The Morgan fingerprint density at radius 1 is 1.30 bits per heavy atom. The summed E-state index contributed by atoms with van der Waals surface area (Å²) in [6.45, 7) is 2.34. The second-order valence-electron chi connectivity index (χ2n) is 4.60. The fraction of sp³-hybridized carbons (Fsp3) is 0.286. The zero-order valence-corrected chi connectivity index (χ0v) is 13.7. The molecule has 0 aliphatic heterocycles. The maximum absolute atomic E-state index is 12.5. The van der Waals surface area contributed by atoms with Gasteiger partial charge in [-0.2, -0.15) is 4.31 Å². The van der Waals surface area contributed by atoms with Gasteiger partial charge in [-0.05, 0) is 35.1 Å². The van der Waals surface area contributed by atoms with E-state index in [-0.39, 0.29) is 0 Å². The highest BCUT2D eigenvalue weighted by Gasteiger charge is 2.23. The normalized spacial score (nSPS) is 12.0. The highest BCUT2D eigenvalue weighted by atomic mass is 35.5. The fourth-order valence-electron chi connectivity index (χ4n) is 1.82. The zero-order valence-electron chi connectivity index (χ0n) is 11.3. The van der Waals surface area contributed by atoms with Gasteiger partial charge >= 0.3 is 0 Å². The molecule has 0 N–H and O–H groups in total. The van der Waals surface area contributed by atoms with Crippen molar-refractivity contribution in [1.29, 1.82) is 0 Å². The molecular formula is C14H16ClNO2S2. The Labute approximate surface area is 128 Å². The lowest BCUT2D eigenvalue weighted by molar-refractivity contribution is 0.467. The molecule has 1 heterocycles. The Kier molecular flexibility index (Phi) is 4.86. The van der Waals surface area contributed by atoms with E-state index in [1.54, 1.807) is 18.5 Å². The van der Waals surface area contributed by atoms with Crippen LogP contribution in [-0.4, -0.2) is 19.8 Å². The predicted molar refractivity (Wildman–Crippen MR) is 83.7 cm³/mol. The van der Waals surface area contributed by atoms with Crippen LogP contribution in [0.15, 0.2) is 39.9 Å². The molecule has 1 aromatic heterocycles. The molecule has 0 radical (unpaired) electrons. The van der Waals surface area contributed by atoms with Gasteiger partial charge in [0.1, 0.15) is 4.21 Å². The van der Waals surface area contributed by atoms with Crippen LogP contribution in [0.5, 0.6) is 0 Å². The molecule has 1 aromatic carbocycles. The lowest BCUT2D eigenvalue weighted by Crippen LogP contribution is -2.26. The van der Waals surface area contributed by atoms with E-state index in [2.05, 4.69) is 0 Å². The number of thiophene rings is 1. The van der Waals surface area contributed by atoms with Gasteiger partial charge in [0, 0.05) is 19.5 Å². The summed E-state index contributed by atoms with van der Waals surface area (Å²) in [4.78, 5) is 0. The van der Waals surface area contributed by atoms with Crippen molar-refractivity contribution in [2.45, 2.75) is 23.6 Å². The van der Waals surface area contributed by atoms with Gasteiger partial charge in [-0.15, -0.1) is 22.9 Å². The van der Waals surface area contributed by atoms with E-state index in [4.69, 9.17) is 11.6 Å². The van der Waals surface area contributed by atoms with Crippen molar-refractivity contribution in [2.24, 2.45) is 0 Å². The Morgan fingerprint density at radius 2 is 2.00 bits per heavy atom. The van der Waals surface area contributed by atoms with Gasteiger partial charge in [0.15, 0.2) is 0 Å². The largest absolute Gasteiger partial charge is 0.252 e. The first-order valence-corrected chi connectivity index (χ1v) is 8.95. The van der Waals surface area contributed by atoms with Crippen molar-refractivity contribution in [3.63, 3.8) is 0 Å². The SMILES string of the molecule is Cc1ccccc1CN(C)S(=O)(=O)c1cc(CCl)cs1. The van der Waals surface area contributed by atoms with Crippen molar-refractivity contribution in [2.75, 3.05) is 7.05 Å². The van der Waals surface area contributed by atoms with Gasteiger partial charge in [-0.1, -0.05) is 24.3 Å². The number of halogens is 1. The summed E-state index contributed by atoms with van der Waals surface area (Å²) < 4.78 is 26.7. The monoisotopic (exact) mass is 329 g/mol. The lowest BCUT2D eigenvalue weighted by atomic mass is 10.1. The van der Waals surface area contributed by atoms with Crippen LogP contribution in [0.2, 0.25) is 0 Å². The molecule has 0 saturated heterocycles. The van der Waals surface area contributed by atoms with E-state index in [0.717, 1.165) is 16.7 Å². The molecular weight excluding hydrogens is 314 g/mol. The van der Waals surface area contributed by atoms with Gasteiger partial charge in [-0.3, -0.25) is 0 Å². The Morgan fingerprint density at radius 3 is 2.60 bits per heavy atom. The molecule has 2 rings (SSSR count). The molecule has 6 heteroatoms. The van der Waals surface area contributed by atoms with Crippen LogP contribution >= 0.6 is 22.9 Å². The average Bonchev–Trinajstić information content (AvgIpc) is 2.90. The van der Waals surface area contributed by atoms with Crippen molar-refractivity contribution in [1.82, 2.24) is 4.31 Å². The summed E-state index contributed by atoms with van der Waals surface area (Å²) in [7, 11) is -1.85. The second kappa shape index (κ2) is 6.26. The summed E-state index contributed by atoms with van der Waals surface area (Å²) in [5, 5.41) is 1.78. The molecule has 0 aliphatic rings. The van der Waals surface area contributed by atoms with Crippen molar-refractivity contribution < 1.29 is 8.42 Å². The van der Waals surface area contributed by atoms with Gasteiger partial charge in [0.25, 0.3) is 10.0 Å². The number of hydrogen-bond acceptors (Lipinski definition) is 3. The summed E-state index contributed by atoms with van der Waals surface area (Å²) in [5.74, 6) is 0.327. The lowest BCUT2D eigenvalue weighted by Gasteiger charge is -2.17. The smallest absolute Gasteiger partial charge is 0.206 e. The molecule has 0 spiro atoms. The van der Waals surface area contributed by atoms with Crippen molar-refractivity contribution in [3.8, 4) is 0 Å². The van der Waals surface area contributed by atoms with Crippen LogP contribution in [0, 0.1) is 6.92 Å². The average molecular weight is 330 g/mol. The summed E-state index contributed by atoms with van der Waals surface area (Å²) in [5.41, 5.74) is 2.93. The summed E-state index contributed by atoms with van der Waals surface area (Å²) in [6, 6.07) is 9.42. The van der Waals surface area contributed by atoms with Crippen LogP contribution in [0.4, 0.5) is 0 Å². The first-order valence-electron chi connectivity index (χ1n) is 6.09. The maximum atomic E-state index is 12.5. The molecule has 0 saturated carbocycles. The molecule has 108 valence electrons. The van der Waals surface area contributed by atoms with Crippen LogP contribution in [-0.2, 0) is 22.4 Å². The minimum Gasteiger partial charge on any atom is -0.206 e. The third-order valence-corrected chi connectivity index (χ3v) is 6.68. The molecule has 0 bridgehead atoms. The molecule has 0 unspecified atom stereocenters. The third-order valence-electron chi connectivity index (χ3n) is 3.10. The number of hydrogen-bond donors (Lipinski definition) is 0. The fourth-order valence-corrected chi connectivity index (χ4v) is 4.64. The van der Waals surface area contributed by atoms with Crippen LogP contribution in [0.25, 0.3) is 0 Å². The van der Waals surface area contributed by atoms with Crippen LogP contribution in [0.3, 0.4) is 0 Å². The zero-order chi connectivity index (χ0) is 14.8. The standard InChI is InChI=1S/C14H16ClNO2S2/c1-11-5-3-4-6-13(11)9-16(2)20(17,18)14-7-12(8-15)10-19-14/h3-7,10H,8-9H2,1-2H3. The quantitative estimate of drug-likeness (QED) is 0.786. The van der Waals surface area contributed by atoms with E-state index in [0.29, 0.717) is 16.6 Å². The first kappa shape index (κ1) is 15.5. The third kappa shape index (κ3) is 3.23. The minimum absolute atomic E-state index is 0.327. The number of benzene rings is 1. The van der Waals surface area contributed by atoms with Crippen molar-refractivity contribution >= 4 is 33.0 Å². The van der Waals surface area contributed by atoms with Crippen LogP contribution < -0.4 is 0 Å². The second-order valence-corrected chi connectivity index (χ2v) is 8.05. The topological polar surface area (TPSA) is 37.4 Å². The Bertz CT molecular complexity index is 695. The summed E-state index contributed by atoms with van der Waals surface area (Å²) >= 11 is 6.93. The maximum Gasteiger partial charge on any atom is 0.252 e. The van der Waals surface area contributed by atoms with Crippen LogP contribution in [0.1, 0.15) is 16.7 Å². The van der Waals surface area contributed by atoms with E-state index >= 15 is 0 Å². The van der Waals surface area contributed by atoms with E-state index in [1.165, 1.54) is 15.6 Å². The van der Waals surface area contributed by atoms with Gasteiger partial charge in [-0.25, -0.2) is 8.42 Å². The molecule has 0 amide bonds. The summed E-state index contributed by atoms with van der Waals surface area (Å²) in [6.07, 6.45) is 0. The Balaban J connectivity index is 2.23. The molecule has 0 atom stereocenters. The highest BCUT2D eigenvalue weighted by molar-refractivity contribution is 7.91. The highest BCUT2D eigenvalue weighted by Crippen LogP contribution is 2.25. The van der Waals surface area contributed by atoms with Gasteiger partial charge in [0.05, 0.1) is 0 Å². The number of sulfonamides is 1. The molecule has 0 fully saturated rings. The molecule has 20 heavy (non-hydrogen) atoms. The molecule has 3 nitrogen and oxygen atoms in total. The van der Waals surface area contributed by atoms with E-state index < -0.39 is 10.0 Å². The molecule has 2 aromatic rings. The van der Waals surface area contributed by atoms with Gasteiger partial charge in [0.2, 0.25) is 0 Å². The van der Waals surface area contributed by atoms with E-state index in [9.17, 15) is 8.42 Å². The first-order chi connectivity index (χ1) is 9.45. The molecule has 0 aliphatic carbocycles. The van der Waals surface area contributed by atoms with Gasteiger partial charge < -0.3 is 0 Å². The number of rotatable bonds is 5. The number of nitrogens with zero attached hydrogens (tertiary/aromatic N) is 1. The minimum atomic E-state index is -3.45. The van der Waals surface area contributed by atoms with Crippen molar-refractivity contribution in [3.05, 3.63) is 52.4 Å².